The van der Waals surface area contributed by atoms with E-state index in [9.17, 15) is 0 Å². The van der Waals surface area contributed by atoms with E-state index in [-0.39, 0.29) is 0 Å². The van der Waals surface area contributed by atoms with Gasteiger partial charge in [-0.15, -0.1) is 0 Å². The fraction of sp³-hybridized carbons (Fsp3) is 0.200. The van der Waals surface area contributed by atoms with Gasteiger partial charge >= 0.3 is 0 Å². The fourth-order valence-electron chi connectivity index (χ4n) is 2.46. The lowest BCUT2D eigenvalue weighted by atomic mass is 10.0. The molecule has 1 aromatic heterocycles. The normalized spacial score (nSPS) is 15.3. The molecule has 1 heterocycles. The zero-order valence-electron chi connectivity index (χ0n) is 17.1. The van der Waals surface area contributed by atoms with Gasteiger partial charge in [-0.1, -0.05) is 79.5 Å². The van der Waals surface area contributed by atoms with E-state index in [1.165, 1.54) is 0 Å². The second kappa shape index (κ2) is 12.4. The third-order valence-corrected chi connectivity index (χ3v) is 3.76. The van der Waals surface area contributed by atoms with Crippen LogP contribution in [0.5, 0.6) is 0 Å². The van der Waals surface area contributed by atoms with Crippen molar-refractivity contribution >= 4 is 23.3 Å². The Hall–Kier alpha value is -3.00. The average Bonchev–Trinajstić information content (AvgIpc) is 2.70. The smallest absolute Gasteiger partial charge is 0.0972 e. The van der Waals surface area contributed by atoms with Crippen molar-refractivity contribution in [3.63, 3.8) is 0 Å². The first-order valence-electron chi connectivity index (χ1n) is 9.25. The molecule has 2 heteroatoms. The van der Waals surface area contributed by atoms with Gasteiger partial charge in [-0.25, -0.2) is 9.97 Å². The Labute approximate surface area is 163 Å². The van der Waals surface area contributed by atoms with Gasteiger partial charge in [0.05, 0.1) is 22.1 Å². The minimum Gasteiger partial charge on any atom is -0.244 e. The van der Waals surface area contributed by atoms with E-state index in [0.717, 1.165) is 33.2 Å². The molecule has 1 aromatic rings. The second-order valence-electron chi connectivity index (χ2n) is 5.66. The Balaban J connectivity index is 3.99. The van der Waals surface area contributed by atoms with E-state index in [0.29, 0.717) is 0 Å². The van der Waals surface area contributed by atoms with Crippen molar-refractivity contribution in [2.45, 2.75) is 34.6 Å². The van der Waals surface area contributed by atoms with Gasteiger partial charge < -0.3 is 0 Å². The number of rotatable bonds is 7. The van der Waals surface area contributed by atoms with Gasteiger partial charge in [-0.2, -0.15) is 0 Å². The van der Waals surface area contributed by atoms with Crippen LogP contribution in [0.2, 0.25) is 0 Å². The summed E-state index contributed by atoms with van der Waals surface area (Å²) in [6.45, 7) is 13.8. The van der Waals surface area contributed by atoms with Crippen molar-refractivity contribution in [3.8, 4) is 0 Å². The zero-order chi connectivity index (χ0) is 20.1. The van der Waals surface area contributed by atoms with Crippen LogP contribution in [0.4, 0.5) is 0 Å². The van der Waals surface area contributed by atoms with Gasteiger partial charge in [-0.05, 0) is 46.3 Å². The molecule has 140 valence electrons. The van der Waals surface area contributed by atoms with Crippen molar-refractivity contribution in [1.82, 2.24) is 9.97 Å². The molecular weight excluding hydrogens is 328 g/mol. The molecule has 0 saturated heterocycles. The molecule has 0 spiro atoms. The van der Waals surface area contributed by atoms with Crippen molar-refractivity contribution in [2.75, 3.05) is 0 Å². The van der Waals surface area contributed by atoms with Crippen LogP contribution in [-0.4, -0.2) is 9.97 Å². The average molecular weight is 359 g/mol. The highest BCUT2D eigenvalue weighted by Gasteiger charge is 2.12. The maximum absolute atomic E-state index is 4.96. The van der Waals surface area contributed by atoms with Crippen LogP contribution in [0.15, 0.2) is 73.4 Å². The minimum absolute atomic E-state index is 0.853. The van der Waals surface area contributed by atoms with Gasteiger partial charge in [0.25, 0.3) is 0 Å². The summed E-state index contributed by atoms with van der Waals surface area (Å²) in [5.41, 5.74) is 3.74. The van der Waals surface area contributed by atoms with E-state index in [1.54, 1.807) is 6.08 Å². The van der Waals surface area contributed by atoms with Gasteiger partial charge in [0.15, 0.2) is 0 Å². The molecule has 0 fully saturated rings. The van der Waals surface area contributed by atoms with Crippen LogP contribution in [0, 0.1) is 0 Å². The Morgan fingerprint density at radius 2 is 1.41 bits per heavy atom. The second-order valence-corrected chi connectivity index (χ2v) is 5.66. The summed E-state index contributed by atoms with van der Waals surface area (Å²) in [7, 11) is 0. The summed E-state index contributed by atoms with van der Waals surface area (Å²) in [6, 6.07) is 0. The summed E-state index contributed by atoms with van der Waals surface area (Å²) in [5, 5.41) is 1.72. The SMILES string of the molecule is C=C/C=C\C(=C/C)c1nc(=C/C=C\C)/c(=C\C)nc1C(/C=C\C)=C/C=C\C. The first-order chi connectivity index (χ1) is 13.2. The molecule has 0 aliphatic rings. The Kier molecular flexibility index (Phi) is 10.1. The van der Waals surface area contributed by atoms with Gasteiger partial charge in [0.2, 0.25) is 0 Å². The fourth-order valence-corrected chi connectivity index (χ4v) is 2.46. The summed E-state index contributed by atoms with van der Waals surface area (Å²) in [4.78, 5) is 9.92. The van der Waals surface area contributed by atoms with Gasteiger partial charge in [-0.3, -0.25) is 0 Å². The molecule has 1 rings (SSSR count). The molecule has 0 amide bonds. The molecule has 0 bridgehead atoms. The van der Waals surface area contributed by atoms with Crippen molar-refractivity contribution < 1.29 is 0 Å². The summed E-state index contributed by atoms with van der Waals surface area (Å²) < 4.78 is 0. The molecule has 0 aromatic carbocycles. The molecule has 0 atom stereocenters. The lowest BCUT2D eigenvalue weighted by Crippen LogP contribution is -2.33. The van der Waals surface area contributed by atoms with E-state index in [4.69, 9.17) is 9.97 Å². The Bertz CT molecular complexity index is 933. The predicted molar refractivity (Wildman–Crippen MR) is 121 cm³/mol. The number of nitrogens with zero attached hydrogens (tertiary/aromatic N) is 2. The van der Waals surface area contributed by atoms with Crippen LogP contribution >= 0.6 is 0 Å². The third kappa shape index (κ3) is 6.34. The lowest BCUT2D eigenvalue weighted by Gasteiger charge is -2.10. The monoisotopic (exact) mass is 358 g/mol. The summed E-state index contributed by atoms with van der Waals surface area (Å²) in [6.07, 6.45) is 25.9. The summed E-state index contributed by atoms with van der Waals surface area (Å²) >= 11 is 0. The van der Waals surface area contributed by atoms with E-state index in [2.05, 4.69) is 18.7 Å². The first kappa shape index (κ1) is 22.0. The molecule has 0 unspecified atom stereocenters. The van der Waals surface area contributed by atoms with Gasteiger partial charge in [0, 0.05) is 5.57 Å². The van der Waals surface area contributed by atoms with Crippen molar-refractivity contribution in [3.05, 3.63) is 95.5 Å². The molecule has 0 N–H and O–H groups in total. The van der Waals surface area contributed by atoms with Crippen molar-refractivity contribution in [1.29, 1.82) is 0 Å². The molecular formula is C25H30N2. The maximum Gasteiger partial charge on any atom is 0.0972 e. The molecule has 0 saturated carbocycles. The van der Waals surface area contributed by atoms with Crippen LogP contribution < -0.4 is 10.7 Å². The first-order valence-corrected chi connectivity index (χ1v) is 9.25. The van der Waals surface area contributed by atoms with Crippen molar-refractivity contribution in [2.24, 2.45) is 0 Å². The van der Waals surface area contributed by atoms with Crippen LogP contribution in [0.3, 0.4) is 0 Å². The number of hydrogen-bond acceptors (Lipinski definition) is 2. The topological polar surface area (TPSA) is 25.8 Å². The number of hydrogen-bond donors (Lipinski definition) is 0. The Morgan fingerprint density at radius 1 is 0.741 bits per heavy atom. The highest BCUT2D eigenvalue weighted by Crippen LogP contribution is 2.22. The lowest BCUT2D eigenvalue weighted by molar-refractivity contribution is 1.05. The minimum atomic E-state index is 0.853. The zero-order valence-corrected chi connectivity index (χ0v) is 17.1. The van der Waals surface area contributed by atoms with Crippen LogP contribution in [-0.2, 0) is 0 Å². The quantitative estimate of drug-likeness (QED) is 0.617. The number of aromatic nitrogens is 2. The standard InChI is InChI=1S/C25H30N2/c1-7-13-17-20(11-5)24-25(21(16-10-4)18-14-8-2)26-22(12-6)23(27-24)19-15-9-3/h7-19H,1H2,2-6H3/b14-8-,15-9-,16-10-,17-13-,20-11+,21-18+,22-12+,23-19+. The predicted octanol–water partition coefficient (Wildman–Crippen LogP) is 5.31. The van der Waals surface area contributed by atoms with E-state index in [1.807, 2.05) is 95.4 Å². The molecule has 0 aliphatic heterocycles. The highest BCUT2D eigenvalue weighted by atomic mass is 14.8. The molecule has 0 aliphatic carbocycles. The molecule has 0 radical (unpaired) electrons. The third-order valence-electron chi connectivity index (χ3n) is 3.76. The maximum atomic E-state index is 4.96. The summed E-state index contributed by atoms with van der Waals surface area (Å²) in [5.74, 6) is 0. The van der Waals surface area contributed by atoms with Gasteiger partial charge in [0.1, 0.15) is 0 Å². The van der Waals surface area contributed by atoms with Crippen LogP contribution in [0.1, 0.15) is 46.0 Å². The molecule has 27 heavy (non-hydrogen) atoms. The van der Waals surface area contributed by atoms with Crippen LogP contribution in [0.25, 0.3) is 23.3 Å². The molecule has 2 nitrogen and oxygen atoms in total. The van der Waals surface area contributed by atoms with E-state index < -0.39 is 0 Å². The van der Waals surface area contributed by atoms with E-state index >= 15 is 0 Å². The largest absolute Gasteiger partial charge is 0.244 e. The Morgan fingerprint density at radius 3 is 1.96 bits per heavy atom. The highest BCUT2D eigenvalue weighted by molar-refractivity contribution is 5.84. The number of allylic oxidation sites excluding steroid dienone is 13.